The molecule has 0 saturated carbocycles. The predicted octanol–water partition coefficient (Wildman–Crippen LogP) is -6.18. The standard InChI is InChI=1S/2Mo.3H4O12P4/c;;3*1-13(2)9-14(3,4)11-16(7,8)12-15(5,6)10-13/h;;3*(H,1,2)(H,3,4)(H,5,6)(H,7,8)/q2*+6;;;/p-12. The molecule has 50 heavy (non-hydrogen) atoms. The quantitative estimate of drug-likeness (QED) is 0.161. The van der Waals surface area contributed by atoms with Crippen LogP contribution in [-0.2, 0) is 149 Å². The van der Waals surface area contributed by atoms with Crippen molar-refractivity contribution >= 4 is 93.9 Å². The first kappa shape index (κ1) is 55.3. The topological polar surface area (TPSA) is 592 Å². The largest absolute Gasteiger partial charge is 6.00 e. The summed E-state index contributed by atoms with van der Waals surface area (Å²) in [6.07, 6.45) is 0. The molecule has 0 N–H and O–H groups in total. The van der Waals surface area contributed by atoms with Gasteiger partial charge in [0.15, 0.2) is 0 Å². The van der Waals surface area contributed by atoms with E-state index in [9.17, 15) is 114 Å². The third-order valence-corrected chi connectivity index (χ3v) is 21.6. The van der Waals surface area contributed by atoms with Crippen molar-refractivity contribution in [1.29, 1.82) is 0 Å². The van der Waals surface area contributed by atoms with Crippen molar-refractivity contribution in [1.82, 2.24) is 0 Å². The van der Waals surface area contributed by atoms with Crippen molar-refractivity contribution in [3.8, 4) is 0 Å². The van der Waals surface area contributed by atoms with E-state index in [1.807, 2.05) is 0 Å². The van der Waals surface area contributed by atoms with Gasteiger partial charge in [-0.15, -0.1) is 0 Å². The maximum atomic E-state index is 10.6. The Hall–Kier alpha value is 3.18. The Balaban J connectivity index is 0. The molecule has 0 aromatic heterocycles. The molecule has 36 nitrogen and oxygen atoms in total. The normalized spacial score (nSPS) is 53.0. The van der Waals surface area contributed by atoms with Gasteiger partial charge in [-0.3, -0.25) is 54.8 Å². The average molecular weight is 1140 g/mol. The van der Waals surface area contributed by atoms with E-state index in [1.165, 1.54) is 0 Å². The van der Waals surface area contributed by atoms with Crippen LogP contribution in [0.5, 0.6) is 0 Å². The van der Waals surface area contributed by atoms with Crippen molar-refractivity contribution in [2.45, 2.75) is 0 Å². The third kappa shape index (κ3) is 22.8. The van der Waals surface area contributed by atoms with E-state index in [4.69, 9.17) is 0 Å². The zero-order valence-corrected chi connectivity index (χ0v) is 35.6. The second-order valence-corrected chi connectivity index (χ2v) is 24.9. The molecule has 0 amide bonds. The summed E-state index contributed by atoms with van der Waals surface area (Å²) in [6.45, 7) is 0. The molecule has 50 heteroatoms. The summed E-state index contributed by atoms with van der Waals surface area (Å²) in [6, 6.07) is 0. The molecule has 3 rings (SSSR count). The van der Waals surface area contributed by atoms with Crippen molar-refractivity contribution in [3.63, 3.8) is 0 Å². The Kier molecular flexibility index (Phi) is 19.9. The van der Waals surface area contributed by atoms with Gasteiger partial charge in [0.1, 0.15) is 0 Å². The molecule has 3 aliphatic heterocycles. The monoisotopic (exact) mass is 1140 g/mol. The predicted molar refractivity (Wildman–Crippen MR) is 104 cm³/mol. The molecule has 0 atom stereocenters. The molecule has 3 saturated heterocycles. The van der Waals surface area contributed by atoms with Gasteiger partial charge in [0.05, 0.1) is 0 Å². The van der Waals surface area contributed by atoms with Gasteiger partial charge in [-0.1, -0.05) is 0 Å². The van der Waals surface area contributed by atoms with Gasteiger partial charge in [-0.2, -0.15) is 0 Å². The smallest absolute Gasteiger partial charge is 0.756 e. The van der Waals surface area contributed by atoms with Crippen LogP contribution in [0.1, 0.15) is 0 Å². The second-order valence-electron chi connectivity index (χ2n) is 6.35. The van der Waals surface area contributed by atoms with Crippen LogP contribution in [0.2, 0.25) is 0 Å². The minimum atomic E-state index is -5.87. The number of hydrogen-bond acceptors (Lipinski definition) is 36. The first-order chi connectivity index (χ1) is 20.5. The number of hydrogen-bond donors (Lipinski definition) is 0. The van der Waals surface area contributed by atoms with Crippen LogP contribution in [0.4, 0.5) is 0 Å². The summed E-state index contributed by atoms with van der Waals surface area (Å²) in [5.74, 6) is 0. The van der Waals surface area contributed by atoms with E-state index < -0.39 is 93.9 Å². The first-order valence-electron chi connectivity index (χ1n) is 8.76. The Morgan fingerprint density at radius 3 is 0.260 bits per heavy atom. The van der Waals surface area contributed by atoms with E-state index in [0.717, 1.165) is 0 Å². The van der Waals surface area contributed by atoms with Crippen LogP contribution < -0.4 is 58.7 Å². The molecule has 0 aliphatic carbocycles. The van der Waals surface area contributed by atoms with Gasteiger partial charge in [0, 0.05) is 0 Å². The molecule has 0 spiro atoms. The van der Waals surface area contributed by atoms with E-state index >= 15 is 0 Å². The van der Waals surface area contributed by atoms with Crippen LogP contribution in [0, 0.1) is 0 Å². The zero-order valence-electron chi connectivity index (χ0n) is 20.9. The Morgan fingerprint density at radius 2 is 0.220 bits per heavy atom. The molecule has 3 fully saturated rings. The molecule has 0 bridgehead atoms. The van der Waals surface area contributed by atoms with Gasteiger partial charge in [0.2, 0.25) is 0 Å². The summed E-state index contributed by atoms with van der Waals surface area (Å²) >= 11 is 0. The van der Waals surface area contributed by atoms with E-state index in [-0.39, 0.29) is 42.1 Å². The summed E-state index contributed by atoms with van der Waals surface area (Å²) in [5.41, 5.74) is 0. The Labute approximate surface area is 300 Å². The first-order valence-corrected chi connectivity index (χ1v) is 26.3. The van der Waals surface area contributed by atoms with Crippen LogP contribution in [0.3, 0.4) is 0 Å². The fourth-order valence-corrected chi connectivity index (χ4v) is 18.1. The maximum Gasteiger partial charge on any atom is 6.00 e. The SMILES string of the molecule is O=P1([O-])OP(=O)([O-])OP(=O)([O-])OP(=O)([O-])O1.O=P1([O-])OP(=O)([O-])OP(=O)([O-])OP(=O)([O-])O1.O=P1([O-])OP(=O)([O-])OP(=O)([O-])OP(=O)([O-])O1.[Mo+6].[Mo+6]. The molecule has 3 aliphatic rings. The van der Waals surface area contributed by atoms with Crippen LogP contribution in [0.25, 0.3) is 0 Å². The fourth-order valence-electron chi connectivity index (χ4n) is 1.65. The van der Waals surface area contributed by atoms with Crippen LogP contribution >= 0.6 is 93.9 Å². The Bertz CT molecular complexity index is 1290. The van der Waals surface area contributed by atoms with Gasteiger partial charge in [-0.25, -0.2) is 51.7 Å². The van der Waals surface area contributed by atoms with E-state index in [0.29, 0.717) is 0 Å². The zero-order chi connectivity index (χ0) is 38.5. The van der Waals surface area contributed by atoms with Crippen LogP contribution in [-0.4, -0.2) is 0 Å². The molecular formula is Mo2O36P12. The molecule has 3 heterocycles. The van der Waals surface area contributed by atoms with Crippen molar-refractivity contribution in [2.24, 2.45) is 0 Å². The van der Waals surface area contributed by atoms with Gasteiger partial charge in [-0.05, 0) is 0 Å². The van der Waals surface area contributed by atoms with Crippen molar-refractivity contribution in [3.05, 3.63) is 0 Å². The van der Waals surface area contributed by atoms with Gasteiger partial charge >= 0.3 is 42.1 Å². The van der Waals surface area contributed by atoms with E-state index in [1.54, 1.807) is 0 Å². The summed E-state index contributed by atoms with van der Waals surface area (Å²) in [5, 5.41) is 0. The van der Waals surface area contributed by atoms with Gasteiger partial charge < -0.3 is 58.7 Å². The van der Waals surface area contributed by atoms with Crippen molar-refractivity contribution < 1.29 is 207 Å². The number of phosphoric acid groups is 12. The molecular weight excluding hydrogens is 1140 g/mol. The molecule has 0 aromatic rings. The average Bonchev–Trinajstić information content (AvgIpc) is 2.52. The summed E-state index contributed by atoms with van der Waals surface area (Å²) in [4.78, 5) is 127. The summed E-state index contributed by atoms with van der Waals surface area (Å²) < 4.78 is 163. The minimum absolute atomic E-state index is 0. The van der Waals surface area contributed by atoms with Gasteiger partial charge in [0.25, 0.3) is 93.9 Å². The Morgan fingerprint density at radius 1 is 0.180 bits per heavy atom. The number of rotatable bonds is 0. The molecule has 0 radical (unpaired) electrons. The summed E-state index contributed by atoms with van der Waals surface area (Å²) in [7, 11) is -70.4. The van der Waals surface area contributed by atoms with Crippen molar-refractivity contribution in [2.75, 3.05) is 0 Å². The molecule has 288 valence electrons. The maximum absolute atomic E-state index is 10.6. The fraction of sp³-hybridized carbons (Fsp3) is 0. The van der Waals surface area contributed by atoms with Crippen LogP contribution in [0.15, 0.2) is 0 Å². The van der Waals surface area contributed by atoms with E-state index in [2.05, 4.69) is 51.7 Å². The third-order valence-electron chi connectivity index (χ3n) is 2.40. The molecule has 0 aromatic carbocycles. The minimum Gasteiger partial charge on any atom is -0.756 e. The molecule has 0 unspecified atom stereocenters. The second kappa shape index (κ2) is 18.0.